The molecule has 0 aromatic carbocycles. The monoisotopic (exact) mass is 191 g/mol. The first-order valence-corrected chi connectivity index (χ1v) is 4.48. The minimum Gasteiger partial charge on any atom is -0.368 e. The van der Waals surface area contributed by atoms with Crippen LogP contribution in [0.25, 0.3) is 0 Å². The van der Waals surface area contributed by atoms with Crippen molar-refractivity contribution in [2.75, 3.05) is 27.3 Å². The highest BCUT2D eigenvalue weighted by Gasteiger charge is 2.15. The van der Waals surface area contributed by atoms with Crippen LogP contribution in [-0.4, -0.2) is 43.5 Å². The summed E-state index contributed by atoms with van der Waals surface area (Å²) in [6, 6.07) is 0. The van der Waals surface area contributed by atoms with E-state index in [1.807, 2.05) is 32.8 Å². The molecule has 0 rings (SSSR count). The lowest BCUT2D eigenvalue weighted by Crippen LogP contribution is -2.36. The molecule has 0 radical (unpaired) electrons. The van der Waals surface area contributed by atoms with Gasteiger partial charge < -0.3 is 14.4 Å². The summed E-state index contributed by atoms with van der Waals surface area (Å²) in [7, 11) is 3.76. The fourth-order valence-electron chi connectivity index (χ4n) is 0.704. The molecule has 0 unspecified atom stereocenters. The third-order valence-corrected chi connectivity index (χ3v) is 1.84. The largest absolute Gasteiger partial charge is 0.368 e. The molecule has 0 heterocycles. The first kappa shape index (κ1) is 11.8. The normalized spacial score (nSPS) is 10.4. The molecule has 3 nitrogen and oxygen atoms in total. The predicted octanol–water partition coefficient (Wildman–Crippen LogP) is 1.27. The molecular formula is C8H17NO2S. The molecule has 0 saturated carbocycles. The SMILES string of the molecule is CCOC(OCC)C(=S)N(C)C. The Morgan fingerprint density at radius 3 is 1.92 bits per heavy atom. The van der Waals surface area contributed by atoms with Gasteiger partial charge in [0.15, 0.2) is 0 Å². The highest BCUT2D eigenvalue weighted by Crippen LogP contribution is 2.00. The van der Waals surface area contributed by atoms with E-state index in [-0.39, 0.29) is 6.29 Å². The van der Waals surface area contributed by atoms with E-state index in [1.54, 1.807) is 0 Å². The third kappa shape index (κ3) is 3.99. The average Bonchev–Trinajstić information content (AvgIpc) is 2.03. The summed E-state index contributed by atoms with van der Waals surface area (Å²) in [5.74, 6) is 0. The van der Waals surface area contributed by atoms with E-state index in [0.29, 0.717) is 18.2 Å². The molecule has 0 saturated heterocycles. The van der Waals surface area contributed by atoms with Crippen molar-refractivity contribution >= 4 is 17.2 Å². The Kier molecular flexibility index (Phi) is 6.24. The topological polar surface area (TPSA) is 21.7 Å². The van der Waals surface area contributed by atoms with Crippen molar-refractivity contribution in [1.29, 1.82) is 0 Å². The first-order valence-electron chi connectivity index (χ1n) is 4.07. The van der Waals surface area contributed by atoms with Gasteiger partial charge in [-0.3, -0.25) is 0 Å². The summed E-state index contributed by atoms with van der Waals surface area (Å²) in [5, 5.41) is 0. The summed E-state index contributed by atoms with van der Waals surface area (Å²) in [6.45, 7) is 5.06. The van der Waals surface area contributed by atoms with Crippen molar-refractivity contribution in [2.24, 2.45) is 0 Å². The third-order valence-electron chi connectivity index (χ3n) is 1.28. The molecule has 0 aromatic rings. The van der Waals surface area contributed by atoms with Crippen LogP contribution in [0.5, 0.6) is 0 Å². The molecule has 0 N–H and O–H groups in total. The van der Waals surface area contributed by atoms with E-state index in [4.69, 9.17) is 21.7 Å². The lowest BCUT2D eigenvalue weighted by atomic mass is 10.5. The summed E-state index contributed by atoms with van der Waals surface area (Å²) in [6.07, 6.45) is -0.370. The molecule has 4 heteroatoms. The second kappa shape index (κ2) is 6.34. The maximum Gasteiger partial charge on any atom is 0.209 e. The van der Waals surface area contributed by atoms with E-state index in [1.165, 1.54) is 0 Å². The highest BCUT2D eigenvalue weighted by molar-refractivity contribution is 7.80. The Bertz CT molecular complexity index is 133. The zero-order valence-electron chi connectivity index (χ0n) is 8.16. The van der Waals surface area contributed by atoms with Crippen LogP contribution in [-0.2, 0) is 9.47 Å². The van der Waals surface area contributed by atoms with E-state index < -0.39 is 0 Å². The summed E-state index contributed by atoms with van der Waals surface area (Å²) in [4.78, 5) is 2.50. The van der Waals surface area contributed by atoms with Crippen LogP contribution >= 0.6 is 12.2 Å². The van der Waals surface area contributed by atoms with Crippen LogP contribution in [0.15, 0.2) is 0 Å². The van der Waals surface area contributed by atoms with Gasteiger partial charge in [0.1, 0.15) is 4.99 Å². The number of hydrogen-bond donors (Lipinski definition) is 0. The van der Waals surface area contributed by atoms with Gasteiger partial charge in [-0.1, -0.05) is 12.2 Å². The maximum absolute atomic E-state index is 5.30. The molecule has 12 heavy (non-hydrogen) atoms. The van der Waals surface area contributed by atoms with Gasteiger partial charge in [-0.15, -0.1) is 0 Å². The molecule has 0 atom stereocenters. The zero-order chi connectivity index (χ0) is 9.56. The van der Waals surface area contributed by atoms with Crippen LogP contribution in [0.3, 0.4) is 0 Å². The summed E-state index contributed by atoms with van der Waals surface area (Å²) in [5.41, 5.74) is 0. The number of hydrogen-bond acceptors (Lipinski definition) is 3. The van der Waals surface area contributed by atoms with Gasteiger partial charge in [-0.05, 0) is 13.8 Å². The zero-order valence-corrected chi connectivity index (χ0v) is 8.98. The second-order valence-electron chi connectivity index (χ2n) is 2.48. The van der Waals surface area contributed by atoms with Gasteiger partial charge in [-0.2, -0.15) is 0 Å². The van der Waals surface area contributed by atoms with Crippen molar-refractivity contribution in [2.45, 2.75) is 20.1 Å². The lowest BCUT2D eigenvalue weighted by molar-refractivity contribution is -0.0929. The minimum absolute atomic E-state index is 0.370. The van der Waals surface area contributed by atoms with E-state index in [2.05, 4.69) is 0 Å². The smallest absolute Gasteiger partial charge is 0.209 e. The second-order valence-corrected chi connectivity index (χ2v) is 2.89. The minimum atomic E-state index is -0.370. The number of likely N-dealkylation sites (N-methyl/N-ethyl adjacent to an activating group) is 1. The standard InChI is InChI=1S/C8H17NO2S/c1-5-10-8(11-6-2)7(12)9(3)4/h8H,5-6H2,1-4H3. The Morgan fingerprint density at radius 1 is 1.25 bits per heavy atom. The lowest BCUT2D eigenvalue weighted by Gasteiger charge is -2.22. The maximum atomic E-state index is 5.30. The molecule has 0 aliphatic rings. The van der Waals surface area contributed by atoms with E-state index >= 15 is 0 Å². The van der Waals surface area contributed by atoms with Gasteiger partial charge in [0.05, 0.1) is 0 Å². The molecule has 0 aromatic heterocycles. The Hall–Kier alpha value is -0.190. The summed E-state index contributed by atoms with van der Waals surface area (Å²) < 4.78 is 10.6. The molecule has 0 fully saturated rings. The van der Waals surface area contributed by atoms with Crippen molar-refractivity contribution in [1.82, 2.24) is 4.90 Å². The number of thiocarbonyl (C=S) groups is 1. The molecule has 0 amide bonds. The number of nitrogens with zero attached hydrogens (tertiary/aromatic N) is 1. The van der Waals surface area contributed by atoms with Crippen molar-refractivity contribution in [3.8, 4) is 0 Å². The van der Waals surface area contributed by atoms with Crippen LogP contribution in [0.1, 0.15) is 13.8 Å². The quantitative estimate of drug-likeness (QED) is 0.482. The fraction of sp³-hybridized carbons (Fsp3) is 0.875. The molecule has 0 spiro atoms. The van der Waals surface area contributed by atoms with Gasteiger partial charge >= 0.3 is 0 Å². The molecule has 0 aliphatic carbocycles. The van der Waals surface area contributed by atoms with Gasteiger partial charge in [-0.25, -0.2) is 0 Å². The van der Waals surface area contributed by atoms with Crippen LogP contribution in [0.2, 0.25) is 0 Å². The van der Waals surface area contributed by atoms with Crippen molar-refractivity contribution in [3.05, 3.63) is 0 Å². The molecule has 0 aliphatic heterocycles. The van der Waals surface area contributed by atoms with Crippen LogP contribution in [0.4, 0.5) is 0 Å². The fourth-order valence-corrected chi connectivity index (χ4v) is 0.840. The van der Waals surface area contributed by atoms with Crippen molar-refractivity contribution in [3.63, 3.8) is 0 Å². The van der Waals surface area contributed by atoms with Crippen molar-refractivity contribution < 1.29 is 9.47 Å². The van der Waals surface area contributed by atoms with Gasteiger partial charge in [0.2, 0.25) is 6.29 Å². The van der Waals surface area contributed by atoms with Crippen LogP contribution < -0.4 is 0 Å². The highest BCUT2D eigenvalue weighted by atomic mass is 32.1. The summed E-state index contributed by atoms with van der Waals surface area (Å²) >= 11 is 5.11. The number of ether oxygens (including phenoxy) is 2. The Balaban J connectivity index is 3.99. The molecular weight excluding hydrogens is 174 g/mol. The molecule has 72 valence electrons. The van der Waals surface area contributed by atoms with Gasteiger partial charge in [0, 0.05) is 27.3 Å². The van der Waals surface area contributed by atoms with E-state index in [9.17, 15) is 0 Å². The van der Waals surface area contributed by atoms with Crippen LogP contribution in [0, 0.1) is 0 Å². The van der Waals surface area contributed by atoms with Gasteiger partial charge in [0.25, 0.3) is 0 Å². The number of rotatable bonds is 5. The first-order chi connectivity index (χ1) is 5.63. The Morgan fingerprint density at radius 2 is 1.67 bits per heavy atom. The average molecular weight is 191 g/mol. The Labute approximate surface area is 79.6 Å². The van der Waals surface area contributed by atoms with E-state index in [0.717, 1.165) is 0 Å². The predicted molar refractivity (Wildman–Crippen MR) is 53.3 cm³/mol. The molecule has 0 bridgehead atoms.